The molecule has 0 N–H and O–H groups in total. The van der Waals surface area contributed by atoms with Gasteiger partial charge in [-0.2, -0.15) is 0 Å². The Bertz CT molecular complexity index is 1070. The minimum Gasteiger partial charge on any atom is -0.488 e. The van der Waals surface area contributed by atoms with E-state index >= 15 is 0 Å². The molecule has 0 amide bonds. The predicted molar refractivity (Wildman–Crippen MR) is 104 cm³/mol. The SMILES string of the molecule is O=C1OC(c2cccc(F)c2)=NC1=Cc1ccccc1OCc1ccccc1. The Labute approximate surface area is 161 Å². The number of carbonyl (C=O) groups is 1. The summed E-state index contributed by atoms with van der Waals surface area (Å²) >= 11 is 0. The topological polar surface area (TPSA) is 47.9 Å². The molecule has 1 aliphatic rings. The number of hydrogen-bond acceptors (Lipinski definition) is 4. The first-order valence-corrected chi connectivity index (χ1v) is 8.73. The van der Waals surface area contributed by atoms with E-state index in [1.165, 1.54) is 18.2 Å². The normalized spacial score (nSPS) is 14.7. The van der Waals surface area contributed by atoms with Gasteiger partial charge in [-0.1, -0.05) is 54.6 Å². The summed E-state index contributed by atoms with van der Waals surface area (Å²) in [6.45, 7) is 0.406. The van der Waals surface area contributed by atoms with Crippen LogP contribution < -0.4 is 4.74 Å². The summed E-state index contributed by atoms with van der Waals surface area (Å²) in [5, 5.41) is 0. The van der Waals surface area contributed by atoms with E-state index in [2.05, 4.69) is 4.99 Å². The van der Waals surface area contributed by atoms with Crippen molar-refractivity contribution in [3.05, 3.63) is 107 Å². The van der Waals surface area contributed by atoms with Gasteiger partial charge in [0.2, 0.25) is 5.90 Å². The molecule has 0 aliphatic carbocycles. The lowest BCUT2D eigenvalue weighted by atomic mass is 10.1. The van der Waals surface area contributed by atoms with Gasteiger partial charge >= 0.3 is 5.97 Å². The van der Waals surface area contributed by atoms with Crippen LogP contribution in [0.2, 0.25) is 0 Å². The molecule has 1 aliphatic heterocycles. The summed E-state index contributed by atoms with van der Waals surface area (Å²) in [4.78, 5) is 16.4. The van der Waals surface area contributed by atoms with Crippen LogP contribution in [0.1, 0.15) is 16.7 Å². The maximum Gasteiger partial charge on any atom is 0.363 e. The monoisotopic (exact) mass is 373 g/mol. The number of benzene rings is 3. The van der Waals surface area contributed by atoms with Crippen molar-refractivity contribution in [2.24, 2.45) is 4.99 Å². The summed E-state index contributed by atoms with van der Waals surface area (Å²) in [5.41, 5.74) is 2.28. The van der Waals surface area contributed by atoms with Gasteiger partial charge in [-0.3, -0.25) is 0 Å². The fourth-order valence-corrected chi connectivity index (χ4v) is 2.77. The van der Waals surface area contributed by atoms with E-state index in [9.17, 15) is 9.18 Å². The molecule has 3 aromatic carbocycles. The average molecular weight is 373 g/mol. The number of para-hydroxylation sites is 1. The maximum atomic E-state index is 13.4. The van der Waals surface area contributed by atoms with Gasteiger partial charge in [0.25, 0.3) is 0 Å². The van der Waals surface area contributed by atoms with Gasteiger partial charge in [0, 0.05) is 11.1 Å². The summed E-state index contributed by atoms with van der Waals surface area (Å²) in [5.74, 6) is -0.301. The van der Waals surface area contributed by atoms with E-state index in [-0.39, 0.29) is 11.6 Å². The minimum absolute atomic E-state index is 0.0819. The molecule has 0 saturated carbocycles. The van der Waals surface area contributed by atoms with Gasteiger partial charge in [-0.05, 0) is 35.9 Å². The van der Waals surface area contributed by atoms with Crippen LogP contribution in [-0.2, 0) is 16.1 Å². The first kappa shape index (κ1) is 17.7. The number of aliphatic imine (C=N–C) groups is 1. The second kappa shape index (κ2) is 7.88. The lowest BCUT2D eigenvalue weighted by Gasteiger charge is -2.09. The molecule has 5 heteroatoms. The van der Waals surface area contributed by atoms with Gasteiger partial charge in [0.15, 0.2) is 5.70 Å². The van der Waals surface area contributed by atoms with Crippen LogP contribution in [0.3, 0.4) is 0 Å². The minimum atomic E-state index is -0.586. The van der Waals surface area contributed by atoms with Crippen molar-refractivity contribution in [3.63, 3.8) is 0 Å². The van der Waals surface area contributed by atoms with Gasteiger partial charge in [0.05, 0.1) is 0 Å². The van der Waals surface area contributed by atoms with Gasteiger partial charge in [-0.25, -0.2) is 14.2 Å². The standard InChI is InChI=1S/C23H16FNO3/c24-19-11-6-10-18(13-19)22-25-20(23(26)28-22)14-17-9-4-5-12-21(17)27-15-16-7-2-1-3-8-16/h1-14H,15H2. The molecule has 1 heterocycles. The molecule has 0 bridgehead atoms. The van der Waals surface area contributed by atoms with Crippen LogP contribution in [0.4, 0.5) is 4.39 Å². The number of halogens is 1. The van der Waals surface area contributed by atoms with Crippen LogP contribution >= 0.6 is 0 Å². The van der Waals surface area contributed by atoms with Crippen LogP contribution in [0.15, 0.2) is 89.6 Å². The molecular weight excluding hydrogens is 357 g/mol. The number of cyclic esters (lactones) is 1. The van der Waals surface area contributed by atoms with Crippen LogP contribution in [-0.4, -0.2) is 11.9 Å². The second-order valence-electron chi connectivity index (χ2n) is 6.16. The molecule has 28 heavy (non-hydrogen) atoms. The quantitative estimate of drug-likeness (QED) is 0.479. The Morgan fingerprint density at radius 3 is 2.57 bits per heavy atom. The van der Waals surface area contributed by atoms with E-state index in [4.69, 9.17) is 9.47 Å². The third kappa shape index (κ3) is 3.99. The van der Waals surface area contributed by atoms with Gasteiger partial charge < -0.3 is 9.47 Å². The largest absolute Gasteiger partial charge is 0.488 e. The van der Waals surface area contributed by atoms with Gasteiger partial charge in [-0.15, -0.1) is 0 Å². The van der Waals surface area contributed by atoms with E-state index in [0.29, 0.717) is 23.5 Å². The van der Waals surface area contributed by atoms with E-state index in [1.54, 1.807) is 12.1 Å². The Hall–Kier alpha value is -3.73. The van der Waals surface area contributed by atoms with E-state index in [0.717, 1.165) is 5.56 Å². The molecule has 0 radical (unpaired) electrons. The fourth-order valence-electron chi connectivity index (χ4n) is 2.77. The Kier molecular flexibility index (Phi) is 4.97. The van der Waals surface area contributed by atoms with Crippen LogP contribution in [0.25, 0.3) is 6.08 Å². The fraction of sp³-hybridized carbons (Fsp3) is 0.0435. The molecule has 138 valence electrons. The maximum absolute atomic E-state index is 13.4. The number of esters is 1. The smallest absolute Gasteiger partial charge is 0.363 e. The highest BCUT2D eigenvalue weighted by atomic mass is 19.1. The Morgan fingerprint density at radius 2 is 1.75 bits per heavy atom. The number of hydrogen-bond donors (Lipinski definition) is 0. The lowest BCUT2D eigenvalue weighted by molar-refractivity contribution is -0.129. The molecule has 0 aromatic heterocycles. The molecule has 4 rings (SSSR count). The van der Waals surface area contributed by atoms with Crippen molar-refractivity contribution >= 4 is 17.9 Å². The second-order valence-corrected chi connectivity index (χ2v) is 6.16. The van der Waals surface area contributed by atoms with E-state index in [1.807, 2.05) is 54.6 Å². The number of nitrogens with zero attached hydrogens (tertiary/aromatic N) is 1. The highest BCUT2D eigenvalue weighted by molar-refractivity contribution is 6.12. The Balaban J connectivity index is 1.59. The van der Waals surface area contributed by atoms with Crippen LogP contribution in [0, 0.1) is 5.82 Å². The van der Waals surface area contributed by atoms with Crippen molar-refractivity contribution in [1.82, 2.24) is 0 Å². The summed E-state index contributed by atoms with van der Waals surface area (Å²) in [6, 6.07) is 22.9. The number of ether oxygens (including phenoxy) is 2. The average Bonchev–Trinajstić information content (AvgIpc) is 3.09. The van der Waals surface area contributed by atoms with Crippen molar-refractivity contribution < 1.29 is 18.7 Å². The summed E-state index contributed by atoms with van der Waals surface area (Å²) < 4.78 is 24.5. The predicted octanol–water partition coefficient (Wildman–Crippen LogP) is 4.75. The van der Waals surface area contributed by atoms with Crippen molar-refractivity contribution in [1.29, 1.82) is 0 Å². The van der Waals surface area contributed by atoms with Crippen molar-refractivity contribution in [2.45, 2.75) is 6.61 Å². The highest BCUT2D eigenvalue weighted by Crippen LogP contribution is 2.25. The summed E-state index contributed by atoms with van der Waals surface area (Å²) in [7, 11) is 0. The third-order valence-electron chi connectivity index (χ3n) is 4.14. The van der Waals surface area contributed by atoms with Crippen molar-refractivity contribution in [2.75, 3.05) is 0 Å². The van der Waals surface area contributed by atoms with Gasteiger partial charge in [0.1, 0.15) is 18.2 Å². The molecule has 0 atom stereocenters. The van der Waals surface area contributed by atoms with Crippen LogP contribution in [0.5, 0.6) is 5.75 Å². The first-order chi connectivity index (χ1) is 13.7. The van der Waals surface area contributed by atoms with Crippen molar-refractivity contribution in [3.8, 4) is 5.75 Å². The lowest BCUT2D eigenvalue weighted by Crippen LogP contribution is -2.05. The zero-order chi connectivity index (χ0) is 19.3. The number of rotatable bonds is 5. The first-order valence-electron chi connectivity index (χ1n) is 8.73. The zero-order valence-corrected chi connectivity index (χ0v) is 14.8. The molecule has 4 nitrogen and oxygen atoms in total. The molecule has 0 saturated heterocycles. The zero-order valence-electron chi connectivity index (χ0n) is 14.8. The third-order valence-corrected chi connectivity index (χ3v) is 4.14. The summed E-state index contributed by atoms with van der Waals surface area (Å²) in [6.07, 6.45) is 1.61. The molecule has 3 aromatic rings. The number of carbonyl (C=O) groups excluding carboxylic acids is 1. The molecule has 0 unspecified atom stereocenters. The van der Waals surface area contributed by atoms with E-state index < -0.39 is 11.8 Å². The molecule has 0 spiro atoms. The highest BCUT2D eigenvalue weighted by Gasteiger charge is 2.24. The molecule has 0 fully saturated rings. The Morgan fingerprint density at radius 1 is 0.964 bits per heavy atom. The molecular formula is C23H16FNO3.